The lowest BCUT2D eigenvalue weighted by molar-refractivity contribution is -0.354. The molecule has 1 aliphatic heterocycles. The van der Waals surface area contributed by atoms with Crippen LogP contribution in [-0.2, 0) is 6.42 Å². The van der Waals surface area contributed by atoms with Crippen molar-refractivity contribution >= 4 is 11.9 Å². The molecule has 1 aliphatic rings. The van der Waals surface area contributed by atoms with Crippen molar-refractivity contribution in [2.24, 2.45) is 0 Å². The first-order chi connectivity index (χ1) is 7.84. The molecule has 3 rings (SSSR count). The van der Waals surface area contributed by atoms with Gasteiger partial charge in [0.2, 0.25) is 5.69 Å². The van der Waals surface area contributed by atoms with E-state index in [-0.39, 0.29) is 0 Å². The monoisotopic (exact) mass is 209 g/mol. The van der Waals surface area contributed by atoms with E-state index in [4.69, 9.17) is 0 Å². The van der Waals surface area contributed by atoms with Gasteiger partial charge < -0.3 is 5.21 Å². The standard InChI is InChI=1S/C14H11NO/c16-15-10-13-7-2-1-5-11(13)9-12-6-3-4-8-14(12)15/h1-8,10H,9H2. The first-order valence-electron chi connectivity index (χ1n) is 5.31. The Morgan fingerprint density at radius 3 is 2.44 bits per heavy atom. The molecule has 1 heterocycles. The molecule has 2 heteroatoms. The summed E-state index contributed by atoms with van der Waals surface area (Å²) in [6, 6.07) is 15.8. The fourth-order valence-corrected chi connectivity index (χ4v) is 2.10. The highest BCUT2D eigenvalue weighted by molar-refractivity contribution is 5.80. The number of hydrogen-bond acceptors (Lipinski definition) is 1. The predicted octanol–water partition coefficient (Wildman–Crippen LogP) is 2.85. The minimum atomic E-state index is 0.749. The largest absolute Gasteiger partial charge is 0.618 e. The molecule has 2 aromatic carbocycles. The molecule has 78 valence electrons. The Morgan fingerprint density at radius 1 is 0.875 bits per heavy atom. The third-order valence-corrected chi connectivity index (χ3v) is 2.92. The third kappa shape index (κ3) is 1.39. The Morgan fingerprint density at radius 2 is 1.56 bits per heavy atom. The van der Waals surface area contributed by atoms with E-state index in [2.05, 4.69) is 6.07 Å². The highest BCUT2D eigenvalue weighted by Crippen LogP contribution is 2.25. The molecule has 2 nitrogen and oxygen atoms in total. The predicted molar refractivity (Wildman–Crippen MR) is 64.1 cm³/mol. The smallest absolute Gasteiger partial charge is 0.220 e. The van der Waals surface area contributed by atoms with Crippen molar-refractivity contribution in [3.63, 3.8) is 0 Å². The minimum absolute atomic E-state index is 0.749. The van der Waals surface area contributed by atoms with E-state index < -0.39 is 0 Å². The molecule has 16 heavy (non-hydrogen) atoms. The zero-order chi connectivity index (χ0) is 11.0. The molecule has 0 spiro atoms. The number of benzene rings is 2. The van der Waals surface area contributed by atoms with E-state index in [1.807, 2.05) is 42.5 Å². The first kappa shape index (κ1) is 9.16. The average Bonchev–Trinajstić information content (AvgIpc) is 2.45. The molecule has 0 amide bonds. The van der Waals surface area contributed by atoms with Crippen LogP contribution in [0, 0.1) is 5.21 Å². The molecule has 0 aromatic heterocycles. The van der Waals surface area contributed by atoms with Crippen molar-refractivity contribution in [1.82, 2.24) is 0 Å². The normalized spacial score (nSPS) is 13.4. The van der Waals surface area contributed by atoms with Crippen LogP contribution < -0.4 is 0 Å². The van der Waals surface area contributed by atoms with Crippen molar-refractivity contribution in [3.05, 3.63) is 70.4 Å². The molecule has 0 unspecified atom stereocenters. The lowest BCUT2D eigenvalue weighted by Crippen LogP contribution is -1.98. The highest BCUT2D eigenvalue weighted by Gasteiger charge is 2.16. The summed E-state index contributed by atoms with van der Waals surface area (Å²) in [6.45, 7) is 0. The number of rotatable bonds is 0. The third-order valence-electron chi connectivity index (χ3n) is 2.92. The van der Waals surface area contributed by atoms with Gasteiger partial charge in [0.15, 0.2) is 6.21 Å². The zero-order valence-electron chi connectivity index (χ0n) is 8.76. The summed E-state index contributed by atoms with van der Waals surface area (Å²) in [4.78, 5) is 0. The lowest BCUT2D eigenvalue weighted by Gasteiger charge is -2.04. The van der Waals surface area contributed by atoms with E-state index in [9.17, 15) is 5.21 Å². The maximum atomic E-state index is 11.9. The van der Waals surface area contributed by atoms with Crippen LogP contribution in [0.3, 0.4) is 0 Å². The van der Waals surface area contributed by atoms with E-state index >= 15 is 0 Å². The summed E-state index contributed by atoms with van der Waals surface area (Å²) < 4.78 is 0.959. The molecule has 0 saturated carbocycles. The van der Waals surface area contributed by atoms with Crippen LogP contribution in [0.25, 0.3) is 0 Å². The molecular formula is C14H11NO. The van der Waals surface area contributed by atoms with Crippen molar-refractivity contribution in [3.8, 4) is 0 Å². The summed E-state index contributed by atoms with van der Waals surface area (Å²) in [5, 5.41) is 11.9. The number of fused-ring (bicyclic) bond motifs is 2. The van der Waals surface area contributed by atoms with Crippen LogP contribution in [-0.4, -0.2) is 11.0 Å². The molecular weight excluding hydrogens is 198 g/mol. The quantitative estimate of drug-likeness (QED) is 0.484. The molecule has 0 radical (unpaired) electrons. The minimum Gasteiger partial charge on any atom is -0.618 e. The van der Waals surface area contributed by atoms with Gasteiger partial charge in [-0.2, -0.15) is 4.74 Å². The topological polar surface area (TPSA) is 26.1 Å². The maximum absolute atomic E-state index is 11.9. The summed E-state index contributed by atoms with van der Waals surface area (Å²) in [5.41, 5.74) is 4.04. The van der Waals surface area contributed by atoms with E-state index in [1.54, 1.807) is 6.21 Å². The van der Waals surface area contributed by atoms with Crippen molar-refractivity contribution in [2.75, 3.05) is 0 Å². The second kappa shape index (κ2) is 3.49. The highest BCUT2D eigenvalue weighted by atomic mass is 16.5. The van der Waals surface area contributed by atoms with Crippen LogP contribution >= 0.6 is 0 Å². The zero-order valence-corrected chi connectivity index (χ0v) is 8.76. The van der Waals surface area contributed by atoms with Crippen molar-refractivity contribution in [2.45, 2.75) is 6.42 Å². The number of para-hydroxylation sites is 1. The first-order valence-corrected chi connectivity index (χ1v) is 5.31. The van der Waals surface area contributed by atoms with Crippen molar-refractivity contribution in [1.29, 1.82) is 0 Å². The summed E-state index contributed by atoms with van der Waals surface area (Å²) in [5.74, 6) is 0. The fourth-order valence-electron chi connectivity index (χ4n) is 2.10. The summed E-state index contributed by atoms with van der Waals surface area (Å²) in [6.07, 6.45) is 2.47. The van der Waals surface area contributed by atoms with Gasteiger partial charge in [0.05, 0.1) is 0 Å². The Hall–Kier alpha value is -2.09. The van der Waals surface area contributed by atoms with Crippen molar-refractivity contribution < 1.29 is 4.74 Å². The summed E-state index contributed by atoms with van der Waals surface area (Å²) in [7, 11) is 0. The summed E-state index contributed by atoms with van der Waals surface area (Å²) >= 11 is 0. The Kier molecular flexibility index (Phi) is 2.00. The molecule has 0 saturated heterocycles. The van der Waals surface area contributed by atoms with Crippen LogP contribution in [0.5, 0.6) is 0 Å². The second-order valence-corrected chi connectivity index (χ2v) is 3.96. The molecule has 0 N–H and O–H groups in total. The van der Waals surface area contributed by atoms with Gasteiger partial charge in [0, 0.05) is 23.6 Å². The molecule has 0 bridgehead atoms. The van der Waals surface area contributed by atoms with Gasteiger partial charge in [0.25, 0.3) is 0 Å². The Labute approximate surface area is 94.1 Å². The van der Waals surface area contributed by atoms with Crippen LogP contribution in [0.1, 0.15) is 16.7 Å². The van der Waals surface area contributed by atoms with E-state index in [0.717, 1.165) is 28.0 Å². The molecule has 0 aliphatic carbocycles. The Balaban J connectivity index is 2.25. The van der Waals surface area contributed by atoms with Gasteiger partial charge >= 0.3 is 0 Å². The van der Waals surface area contributed by atoms with Crippen LogP contribution in [0.2, 0.25) is 0 Å². The van der Waals surface area contributed by atoms with Gasteiger partial charge in [0.1, 0.15) is 0 Å². The SMILES string of the molecule is [O-][N+]1=Cc2ccccc2Cc2ccccc21. The molecule has 0 fully saturated rings. The molecule has 2 aromatic rings. The lowest BCUT2D eigenvalue weighted by atomic mass is 10.0. The van der Waals surface area contributed by atoms with Gasteiger partial charge in [-0.05, 0) is 11.6 Å². The van der Waals surface area contributed by atoms with Gasteiger partial charge in [-0.3, -0.25) is 0 Å². The van der Waals surface area contributed by atoms with E-state index in [1.165, 1.54) is 5.56 Å². The van der Waals surface area contributed by atoms with Crippen LogP contribution in [0.4, 0.5) is 5.69 Å². The Bertz CT molecular complexity index is 572. The second-order valence-electron chi connectivity index (χ2n) is 3.96. The number of nitrogens with zero attached hydrogens (tertiary/aromatic N) is 1. The molecule has 0 atom stereocenters. The van der Waals surface area contributed by atoms with Gasteiger partial charge in [-0.15, -0.1) is 0 Å². The number of hydrogen-bond donors (Lipinski definition) is 0. The van der Waals surface area contributed by atoms with Crippen LogP contribution in [0.15, 0.2) is 48.5 Å². The van der Waals surface area contributed by atoms with Gasteiger partial charge in [-0.25, -0.2) is 0 Å². The van der Waals surface area contributed by atoms with Gasteiger partial charge in [-0.1, -0.05) is 36.4 Å². The average molecular weight is 209 g/mol. The van der Waals surface area contributed by atoms with E-state index in [0.29, 0.717) is 0 Å². The fraction of sp³-hybridized carbons (Fsp3) is 0.0714. The maximum Gasteiger partial charge on any atom is 0.220 e.